The van der Waals surface area contributed by atoms with Crippen molar-refractivity contribution in [2.45, 2.75) is 12.5 Å². The molecule has 0 spiro atoms. The van der Waals surface area contributed by atoms with E-state index in [9.17, 15) is 18.0 Å². The van der Waals surface area contributed by atoms with Gasteiger partial charge in [-0.25, -0.2) is 13.2 Å². The maximum atomic E-state index is 14.0. The molecule has 1 atom stereocenters. The highest BCUT2D eigenvalue weighted by atomic mass is 19.1. The summed E-state index contributed by atoms with van der Waals surface area (Å²) in [5, 5.41) is 8.76. The lowest BCUT2D eigenvalue weighted by atomic mass is 10.2. The molecule has 2 aromatic carbocycles. The molecule has 0 bridgehead atoms. The Hall–Kier alpha value is -3.23. The second-order valence-corrected chi connectivity index (χ2v) is 6.65. The normalized spacial score (nSPS) is 16.6. The summed E-state index contributed by atoms with van der Waals surface area (Å²) in [5.41, 5.74) is 0.853. The molecule has 1 aliphatic heterocycles. The highest BCUT2D eigenvalue weighted by molar-refractivity contribution is 5.95. The van der Waals surface area contributed by atoms with E-state index < -0.39 is 11.6 Å². The summed E-state index contributed by atoms with van der Waals surface area (Å²) < 4.78 is 40.0. The topological polar surface area (TPSA) is 68.8 Å². The van der Waals surface area contributed by atoms with Gasteiger partial charge in [-0.05, 0) is 42.8 Å². The molecule has 1 unspecified atom stereocenters. The van der Waals surface area contributed by atoms with Crippen molar-refractivity contribution in [2.75, 3.05) is 36.9 Å². The van der Waals surface area contributed by atoms with Crippen molar-refractivity contribution in [1.82, 2.24) is 10.6 Å². The fraction of sp³-hybridized carbons (Fsp3) is 0.300. The summed E-state index contributed by atoms with van der Waals surface area (Å²) in [6, 6.07) is 9.00. The number of nitrogens with one attached hydrogen (secondary N) is 3. The quantitative estimate of drug-likeness (QED) is 0.528. The van der Waals surface area contributed by atoms with Crippen LogP contribution in [0.2, 0.25) is 0 Å². The predicted octanol–water partition coefficient (Wildman–Crippen LogP) is 2.49. The van der Waals surface area contributed by atoms with E-state index in [-0.39, 0.29) is 24.3 Å². The maximum Gasteiger partial charge on any atom is 0.243 e. The molecule has 154 valence electrons. The summed E-state index contributed by atoms with van der Waals surface area (Å²) >= 11 is 0. The average molecular weight is 405 g/mol. The number of halogens is 3. The number of hydrogen-bond acceptors (Lipinski definition) is 3. The number of aliphatic imine (C=N–C) groups is 1. The third kappa shape index (κ3) is 5.63. The summed E-state index contributed by atoms with van der Waals surface area (Å²) in [5.74, 6) is -1.45. The Morgan fingerprint density at radius 3 is 2.55 bits per heavy atom. The predicted molar refractivity (Wildman–Crippen MR) is 107 cm³/mol. The van der Waals surface area contributed by atoms with Crippen LogP contribution in [0.25, 0.3) is 0 Å². The minimum atomic E-state index is -0.608. The van der Waals surface area contributed by atoms with Crippen LogP contribution >= 0.6 is 0 Å². The summed E-state index contributed by atoms with van der Waals surface area (Å²) in [4.78, 5) is 18.0. The van der Waals surface area contributed by atoms with E-state index in [2.05, 4.69) is 20.9 Å². The van der Waals surface area contributed by atoms with Crippen LogP contribution in [0.1, 0.15) is 6.42 Å². The molecule has 0 saturated carbocycles. The molecule has 1 amide bonds. The van der Waals surface area contributed by atoms with Gasteiger partial charge in [-0.1, -0.05) is 0 Å². The summed E-state index contributed by atoms with van der Waals surface area (Å²) in [6.45, 7) is 1.10. The Morgan fingerprint density at radius 2 is 1.86 bits per heavy atom. The van der Waals surface area contributed by atoms with Crippen LogP contribution in [0.3, 0.4) is 0 Å². The largest absolute Gasteiger partial charge is 0.367 e. The fourth-order valence-corrected chi connectivity index (χ4v) is 3.13. The highest BCUT2D eigenvalue weighted by Gasteiger charge is 2.25. The molecular formula is C20H22F3N5O. The van der Waals surface area contributed by atoms with Crippen molar-refractivity contribution in [2.24, 2.45) is 4.99 Å². The molecule has 1 fully saturated rings. The van der Waals surface area contributed by atoms with Crippen molar-refractivity contribution in [3.8, 4) is 0 Å². The van der Waals surface area contributed by atoms with E-state index in [1.54, 1.807) is 7.05 Å². The molecule has 29 heavy (non-hydrogen) atoms. The molecule has 3 N–H and O–H groups in total. The fourth-order valence-electron chi connectivity index (χ4n) is 3.13. The van der Waals surface area contributed by atoms with Crippen LogP contribution in [0, 0.1) is 17.5 Å². The first kappa shape index (κ1) is 20.5. The van der Waals surface area contributed by atoms with E-state index in [1.165, 1.54) is 36.4 Å². The van der Waals surface area contributed by atoms with Gasteiger partial charge >= 0.3 is 0 Å². The number of nitrogens with zero attached hydrogens (tertiary/aromatic N) is 2. The van der Waals surface area contributed by atoms with Gasteiger partial charge in [0.2, 0.25) is 5.91 Å². The van der Waals surface area contributed by atoms with Crippen molar-refractivity contribution in [3.63, 3.8) is 0 Å². The van der Waals surface area contributed by atoms with E-state index >= 15 is 0 Å². The molecule has 6 nitrogen and oxygen atoms in total. The first-order valence-electron chi connectivity index (χ1n) is 9.17. The van der Waals surface area contributed by atoms with Crippen LogP contribution in [0.4, 0.5) is 24.5 Å². The molecule has 3 rings (SSSR count). The first-order valence-corrected chi connectivity index (χ1v) is 9.17. The number of carbonyl (C=O) groups is 1. The zero-order chi connectivity index (χ0) is 20.8. The molecule has 1 heterocycles. The average Bonchev–Trinajstić information content (AvgIpc) is 3.15. The number of carbonyl (C=O) groups excluding carboxylic acids is 1. The Bertz CT molecular complexity index is 888. The minimum absolute atomic E-state index is 0.00851. The summed E-state index contributed by atoms with van der Waals surface area (Å²) in [6.07, 6.45) is 0.735. The lowest BCUT2D eigenvalue weighted by molar-refractivity contribution is -0.115. The Kier molecular flexibility index (Phi) is 6.58. The smallest absolute Gasteiger partial charge is 0.243 e. The van der Waals surface area contributed by atoms with Crippen LogP contribution in [-0.2, 0) is 4.79 Å². The Morgan fingerprint density at radius 1 is 1.14 bits per heavy atom. The van der Waals surface area contributed by atoms with Crippen molar-refractivity contribution < 1.29 is 18.0 Å². The highest BCUT2D eigenvalue weighted by Crippen LogP contribution is 2.24. The molecule has 9 heteroatoms. The second kappa shape index (κ2) is 9.31. The number of guanidine groups is 1. The van der Waals surface area contributed by atoms with Crippen molar-refractivity contribution in [3.05, 3.63) is 59.9 Å². The SMILES string of the molecule is CN=C(NCC(=O)Nc1ccc(F)cc1)NC1CCN(c2ccc(F)cc2F)C1. The third-order valence-corrected chi connectivity index (χ3v) is 4.55. The zero-order valence-electron chi connectivity index (χ0n) is 15.9. The minimum Gasteiger partial charge on any atom is -0.367 e. The molecule has 0 aromatic heterocycles. The monoisotopic (exact) mass is 405 g/mol. The third-order valence-electron chi connectivity index (χ3n) is 4.55. The maximum absolute atomic E-state index is 14.0. The number of hydrogen-bond donors (Lipinski definition) is 3. The van der Waals surface area contributed by atoms with E-state index in [1.807, 2.05) is 4.90 Å². The van der Waals surface area contributed by atoms with E-state index in [4.69, 9.17) is 0 Å². The van der Waals surface area contributed by atoms with Gasteiger partial charge in [0.05, 0.1) is 12.2 Å². The van der Waals surface area contributed by atoms with E-state index in [0.29, 0.717) is 30.4 Å². The number of benzene rings is 2. The van der Waals surface area contributed by atoms with E-state index in [0.717, 1.165) is 12.5 Å². The van der Waals surface area contributed by atoms with Gasteiger partial charge in [-0.3, -0.25) is 9.79 Å². The molecular weight excluding hydrogens is 383 g/mol. The number of amides is 1. The zero-order valence-corrected chi connectivity index (χ0v) is 15.9. The van der Waals surface area contributed by atoms with Gasteiger partial charge in [-0.15, -0.1) is 0 Å². The van der Waals surface area contributed by atoms with Gasteiger partial charge in [0.25, 0.3) is 0 Å². The first-order chi connectivity index (χ1) is 13.9. The molecule has 2 aromatic rings. The standard InChI is InChI=1S/C20H22F3N5O/c1-24-20(25-11-19(29)26-15-5-2-13(21)3-6-15)27-16-8-9-28(12-16)18-7-4-14(22)10-17(18)23/h2-7,10,16H,8-9,11-12H2,1H3,(H,26,29)(H2,24,25,27). The molecule has 1 aliphatic rings. The lowest BCUT2D eigenvalue weighted by Crippen LogP contribution is -2.46. The van der Waals surface area contributed by atoms with Crippen LogP contribution in [0.5, 0.6) is 0 Å². The van der Waals surface area contributed by atoms with Crippen LogP contribution < -0.4 is 20.9 Å². The number of rotatable bonds is 5. The van der Waals surface area contributed by atoms with Crippen molar-refractivity contribution in [1.29, 1.82) is 0 Å². The Labute approximate surface area is 166 Å². The van der Waals surface area contributed by atoms with Gasteiger partial charge in [-0.2, -0.15) is 0 Å². The van der Waals surface area contributed by atoms with Crippen LogP contribution in [-0.4, -0.2) is 44.6 Å². The van der Waals surface area contributed by atoms with Gasteiger partial charge in [0, 0.05) is 37.9 Å². The van der Waals surface area contributed by atoms with Gasteiger partial charge in [0.1, 0.15) is 17.5 Å². The molecule has 0 aliphatic carbocycles. The second-order valence-electron chi connectivity index (χ2n) is 6.65. The van der Waals surface area contributed by atoms with Crippen molar-refractivity contribution >= 4 is 23.2 Å². The summed E-state index contributed by atoms with van der Waals surface area (Å²) in [7, 11) is 1.58. The van der Waals surface area contributed by atoms with Gasteiger partial charge < -0.3 is 20.9 Å². The Balaban J connectivity index is 1.47. The lowest BCUT2D eigenvalue weighted by Gasteiger charge is -2.21. The molecule has 0 radical (unpaired) electrons. The molecule has 1 saturated heterocycles. The van der Waals surface area contributed by atoms with Crippen LogP contribution in [0.15, 0.2) is 47.5 Å². The number of anilines is 2. The van der Waals surface area contributed by atoms with Gasteiger partial charge in [0.15, 0.2) is 5.96 Å².